The molecular formula is C15H21F3N2. The Kier molecular flexibility index (Phi) is 4.00. The molecule has 2 atom stereocenters. The zero-order chi connectivity index (χ0) is 15.1. The molecule has 2 rings (SSSR count). The third-order valence-electron chi connectivity index (χ3n) is 3.74. The lowest BCUT2D eigenvalue weighted by atomic mass is 10.0. The van der Waals surface area contributed by atoms with Crippen LogP contribution >= 0.6 is 0 Å². The Morgan fingerprint density at radius 3 is 2.45 bits per heavy atom. The molecule has 5 heteroatoms. The normalized spacial score (nSPS) is 20.4. The highest BCUT2D eigenvalue weighted by Gasteiger charge is 2.36. The van der Waals surface area contributed by atoms with Crippen LogP contribution in [-0.2, 0) is 12.6 Å². The molecule has 112 valence electrons. The summed E-state index contributed by atoms with van der Waals surface area (Å²) >= 11 is 0. The molecule has 1 heterocycles. The van der Waals surface area contributed by atoms with E-state index in [1.54, 1.807) is 6.07 Å². The fourth-order valence-electron chi connectivity index (χ4n) is 3.03. The molecule has 1 aliphatic rings. The van der Waals surface area contributed by atoms with Crippen LogP contribution in [-0.4, -0.2) is 18.1 Å². The summed E-state index contributed by atoms with van der Waals surface area (Å²) < 4.78 is 38.6. The van der Waals surface area contributed by atoms with Crippen molar-refractivity contribution in [2.24, 2.45) is 5.73 Å². The molecule has 0 amide bonds. The average molecular weight is 286 g/mol. The largest absolute Gasteiger partial charge is 0.416 e. The van der Waals surface area contributed by atoms with Gasteiger partial charge >= 0.3 is 6.18 Å². The Morgan fingerprint density at radius 2 is 1.95 bits per heavy atom. The summed E-state index contributed by atoms with van der Waals surface area (Å²) in [4.78, 5) is 2.08. The molecule has 2 unspecified atom stereocenters. The highest BCUT2D eigenvalue weighted by Crippen LogP contribution is 2.39. The van der Waals surface area contributed by atoms with E-state index >= 15 is 0 Å². The van der Waals surface area contributed by atoms with E-state index in [0.29, 0.717) is 5.69 Å². The van der Waals surface area contributed by atoms with Crippen LogP contribution in [0.3, 0.4) is 0 Å². The first-order valence-electron chi connectivity index (χ1n) is 6.94. The van der Waals surface area contributed by atoms with Gasteiger partial charge in [0, 0.05) is 23.8 Å². The van der Waals surface area contributed by atoms with Crippen molar-refractivity contribution in [3.05, 3.63) is 29.3 Å². The van der Waals surface area contributed by atoms with E-state index in [1.165, 1.54) is 12.1 Å². The fraction of sp³-hybridized carbons (Fsp3) is 0.600. The Balaban J connectivity index is 2.38. The van der Waals surface area contributed by atoms with Crippen LogP contribution in [0, 0.1) is 0 Å². The first-order chi connectivity index (χ1) is 9.20. The topological polar surface area (TPSA) is 29.3 Å². The quantitative estimate of drug-likeness (QED) is 0.920. The zero-order valence-electron chi connectivity index (χ0n) is 12.0. The summed E-state index contributed by atoms with van der Waals surface area (Å²) in [6.07, 6.45) is -2.74. The number of rotatable bonds is 3. The molecule has 0 saturated carbocycles. The van der Waals surface area contributed by atoms with Crippen LogP contribution < -0.4 is 10.6 Å². The van der Waals surface area contributed by atoms with E-state index in [4.69, 9.17) is 5.73 Å². The van der Waals surface area contributed by atoms with Gasteiger partial charge in [-0.15, -0.1) is 0 Å². The number of alkyl halides is 3. The Bertz CT molecular complexity index is 480. The third-order valence-corrected chi connectivity index (χ3v) is 3.74. The van der Waals surface area contributed by atoms with E-state index in [2.05, 4.69) is 4.90 Å². The van der Waals surface area contributed by atoms with Gasteiger partial charge in [-0.3, -0.25) is 0 Å². The standard InChI is InChI=1S/C15H21F3N2/c1-9(2)20-13(6-10(3)19)7-11-4-5-12(8-14(11)20)15(16,17)18/h4-5,8-10,13H,6-7,19H2,1-3H3. The number of fused-ring (bicyclic) bond motifs is 1. The summed E-state index contributed by atoms with van der Waals surface area (Å²) in [5, 5.41) is 0. The number of hydrogen-bond acceptors (Lipinski definition) is 2. The van der Waals surface area contributed by atoms with E-state index in [9.17, 15) is 13.2 Å². The van der Waals surface area contributed by atoms with E-state index < -0.39 is 11.7 Å². The van der Waals surface area contributed by atoms with Gasteiger partial charge in [-0.2, -0.15) is 13.2 Å². The summed E-state index contributed by atoms with van der Waals surface area (Å²) in [6, 6.07) is 4.44. The number of nitrogens with zero attached hydrogens (tertiary/aromatic N) is 1. The van der Waals surface area contributed by atoms with Gasteiger partial charge in [0.15, 0.2) is 0 Å². The molecule has 1 aromatic carbocycles. The third kappa shape index (κ3) is 2.92. The lowest BCUT2D eigenvalue weighted by Gasteiger charge is -2.32. The Hall–Kier alpha value is -1.23. The molecule has 0 spiro atoms. The highest BCUT2D eigenvalue weighted by molar-refractivity contribution is 5.62. The van der Waals surface area contributed by atoms with Crippen LogP contribution in [0.15, 0.2) is 18.2 Å². The predicted molar refractivity (Wildman–Crippen MR) is 74.8 cm³/mol. The average Bonchev–Trinajstić information content (AvgIpc) is 2.63. The molecule has 1 aromatic rings. The SMILES string of the molecule is CC(N)CC1Cc2ccc(C(F)(F)F)cc2N1C(C)C. The summed E-state index contributed by atoms with van der Waals surface area (Å²) in [6.45, 7) is 5.94. The van der Waals surface area contributed by atoms with Crippen molar-refractivity contribution in [1.82, 2.24) is 0 Å². The molecule has 1 aliphatic heterocycles. The van der Waals surface area contributed by atoms with Gasteiger partial charge in [-0.05, 0) is 51.3 Å². The second-order valence-electron chi connectivity index (χ2n) is 5.91. The van der Waals surface area contributed by atoms with Crippen molar-refractivity contribution in [2.75, 3.05) is 4.90 Å². The van der Waals surface area contributed by atoms with Crippen LogP contribution in [0.4, 0.5) is 18.9 Å². The maximum atomic E-state index is 12.9. The maximum absolute atomic E-state index is 12.9. The summed E-state index contributed by atoms with van der Waals surface area (Å²) in [7, 11) is 0. The molecule has 0 bridgehead atoms. The van der Waals surface area contributed by atoms with E-state index in [-0.39, 0.29) is 18.1 Å². The van der Waals surface area contributed by atoms with Gasteiger partial charge in [-0.1, -0.05) is 6.07 Å². The first kappa shape index (κ1) is 15.2. The van der Waals surface area contributed by atoms with Crippen molar-refractivity contribution in [3.8, 4) is 0 Å². The highest BCUT2D eigenvalue weighted by atomic mass is 19.4. The van der Waals surface area contributed by atoms with Crippen molar-refractivity contribution in [3.63, 3.8) is 0 Å². The zero-order valence-corrected chi connectivity index (χ0v) is 12.0. The summed E-state index contributed by atoms with van der Waals surface area (Å²) in [5.41, 5.74) is 6.97. The molecule has 20 heavy (non-hydrogen) atoms. The van der Waals surface area contributed by atoms with Crippen molar-refractivity contribution in [2.45, 2.75) is 57.9 Å². The molecule has 0 aromatic heterocycles. The first-order valence-corrected chi connectivity index (χ1v) is 6.94. The second-order valence-corrected chi connectivity index (χ2v) is 5.91. The second kappa shape index (κ2) is 5.28. The van der Waals surface area contributed by atoms with E-state index in [1.807, 2.05) is 20.8 Å². The number of nitrogens with two attached hydrogens (primary N) is 1. The van der Waals surface area contributed by atoms with Gasteiger partial charge in [0.2, 0.25) is 0 Å². The maximum Gasteiger partial charge on any atom is 0.416 e. The van der Waals surface area contributed by atoms with Gasteiger partial charge in [0.25, 0.3) is 0 Å². The predicted octanol–water partition coefficient (Wildman–Crippen LogP) is 3.58. The minimum Gasteiger partial charge on any atom is -0.365 e. The Morgan fingerprint density at radius 1 is 1.30 bits per heavy atom. The molecule has 2 nitrogen and oxygen atoms in total. The number of anilines is 1. The number of benzene rings is 1. The Labute approximate surface area is 117 Å². The molecular weight excluding hydrogens is 265 g/mol. The lowest BCUT2D eigenvalue weighted by Crippen LogP contribution is -2.40. The van der Waals surface area contributed by atoms with Gasteiger partial charge in [-0.25, -0.2) is 0 Å². The monoisotopic (exact) mass is 286 g/mol. The van der Waals surface area contributed by atoms with Crippen LogP contribution in [0.2, 0.25) is 0 Å². The lowest BCUT2D eigenvalue weighted by molar-refractivity contribution is -0.137. The van der Waals surface area contributed by atoms with Crippen molar-refractivity contribution >= 4 is 5.69 Å². The minimum atomic E-state index is -4.29. The van der Waals surface area contributed by atoms with E-state index in [0.717, 1.165) is 18.4 Å². The summed E-state index contributed by atoms with van der Waals surface area (Å²) in [5.74, 6) is 0. The van der Waals surface area contributed by atoms with Gasteiger partial charge in [0.05, 0.1) is 5.56 Å². The van der Waals surface area contributed by atoms with Crippen LogP contribution in [0.5, 0.6) is 0 Å². The van der Waals surface area contributed by atoms with Crippen molar-refractivity contribution < 1.29 is 13.2 Å². The molecule has 0 fully saturated rings. The minimum absolute atomic E-state index is 0.0395. The van der Waals surface area contributed by atoms with Crippen molar-refractivity contribution in [1.29, 1.82) is 0 Å². The number of halogens is 3. The number of hydrogen-bond donors (Lipinski definition) is 1. The van der Waals surface area contributed by atoms with Crippen LogP contribution in [0.1, 0.15) is 38.3 Å². The molecule has 0 aliphatic carbocycles. The fourth-order valence-corrected chi connectivity index (χ4v) is 3.03. The molecule has 0 radical (unpaired) electrons. The smallest absolute Gasteiger partial charge is 0.365 e. The van der Waals surface area contributed by atoms with Gasteiger partial charge < -0.3 is 10.6 Å². The molecule has 2 N–H and O–H groups in total. The van der Waals surface area contributed by atoms with Crippen LogP contribution in [0.25, 0.3) is 0 Å². The van der Waals surface area contributed by atoms with Gasteiger partial charge in [0.1, 0.15) is 0 Å². The molecule has 0 saturated heterocycles.